The summed E-state index contributed by atoms with van der Waals surface area (Å²) in [5.74, 6) is -0.317. The maximum atomic E-state index is 13.4. The highest BCUT2D eigenvalue weighted by atomic mass is 19.4. The molecular weight excluding hydrogens is 485 g/mol. The van der Waals surface area contributed by atoms with E-state index in [2.05, 4.69) is 15.4 Å². The van der Waals surface area contributed by atoms with Crippen molar-refractivity contribution in [3.8, 4) is 5.75 Å². The minimum absolute atomic E-state index is 0.226. The van der Waals surface area contributed by atoms with E-state index in [1.807, 2.05) is 32.0 Å². The van der Waals surface area contributed by atoms with E-state index in [1.54, 1.807) is 34.1 Å². The predicted molar refractivity (Wildman–Crippen MR) is 136 cm³/mol. The number of carbonyl (C=O) groups excluding carboxylic acids is 2. The van der Waals surface area contributed by atoms with Gasteiger partial charge in [0, 0.05) is 25.3 Å². The lowest BCUT2D eigenvalue weighted by atomic mass is 10.1. The second-order valence-electron chi connectivity index (χ2n) is 8.87. The normalized spacial score (nSPS) is 13.9. The van der Waals surface area contributed by atoms with Gasteiger partial charge in [-0.3, -0.25) is 4.90 Å². The number of ether oxygens (including phenoxy) is 1. The Labute approximate surface area is 212 Å². The van der Waals surface area contributed by atoms with Gasteiger partial charge in [0.05, 0.1) is 11.4 Å². The number of benzene rings is 3. The van der Waals surface area contributed by atoms with Crippen LogP contribution in [0, 0.1) is 13.8 Å². The van der Waals surface area contributed by atoms with Crippen molar-refractivity contribution in [2.75, 3.05) is 28.6 Å². The first-order chi connectivity index (χ1) is 17.6. The summed E-state index contributed by atoms with van der Waals surface area (Å²) < 4.78 is 41.2. The summed E-state index contributed by atoms with van der Waals surface area (Å²) in [6.45, 7) is 5.04. The maximum absolute atomic E-state index is 13.4. The monoisotopic (exact) mass is 512 g/mol. The van der Waals surface area contributed by atoms with Crippen molar-refractivity contribution in [2.45, 2.75) is 33.2 Å². The van der Waals surface area contributed by atoms with Gasteiger partial charge in [-0.2, -0.15) is 0 Å². The zero-order valence-corrected chi connectivity index (χ0v) is 20.4. The van der Waals surface area contributed by atoms with Crippen LogP contribution in [0.2, 0.25) is 0 Å². The summed E-state index contributed by atoms with van der Waals surface area (Å²) in [6.07, 6.45) is -4.08. The van der Waals surface area contributed by atoms with Gasteiger partial charge >= 0.3 is 18.4 Å². The smallest absolute Gasteiger partial charge is 0.406 e. The number of aryl methyl sites for hydroxylation is 2. The molecule has 0 atom stereocenters. The Bertz CT molecular complexity index is 1260. The Hall–Kier alpha value is -4.21. The number of carbonyl (C=O) groups is 2. The van der Waals surface area contributed by atoms with Crippen LogP contribution >= 0.6 is 0 Å². The fraction of sp³-hybridized carbons (Fsp3) is 0.259. The van der Waals surface area contributed by atoms with Crippen molar-refractivity contribution in [1.29, 1.82) is 0 Å². The Morgan fingerprint density at radius 2 is 1.59 bits per heavy atom. The number of hydrogen-bond acceptors (Lipinski definition) is 3. The number of nitrogens with zero attached hydrogens (tertiary/aromatic N) is 2. The minimum Gasteiger partial charge on any atom is -0.406 e. The summed E-state index contributed by atoms with van der Waals surface area (Å²) in [5, 5.41) is 5.65. The van der Waals surface area contributed by atoms with Crippen LogP contribution in [0.5, 0.6) is 5.75 Å². The summed E-state index contributed by atoms with van der Waals surface area (Å²) in [7, 11) is 0. The lowest BCUT2D eigenvalue weighted by molar-refractivity contribution is -0.274. The molecule has 10 heteroatoms. The highest BCUT2D eigenvalue weighted by Gasteiger charge is 2.31. The van der Waals surface area contributed by atoms with E-state index in [0.29, 0.717) is 42.1 Å². The Balaban J connectivity index is 1.47. The molecule has 0 radical (unpaired) electrons. The number of amides is 4. The van der Waals surface area contributed by atoms with E-state index in [0.717, 1.165) is 11.1 Å². The number of nitrogens with one attached hydrogen (secondary N) is 2. The number of alkyl halides is 3. The SMILES string of the molecule is Cc1ccc(NC(=O)Nc2cc(C)ccc2N2CCCN(Cc3ccc(OC(F)(F)F)cc3)C2=O)cc1. The van der Waals surface area contributed by atoms with Crippen molar-refractivity contribution in [3.63, 3.8) is 0 Å². The van der Waals surface area contributed by atoms with E-state index in [-0.39, 0.29) is 18.3 Å². The lowest BCUT2D eigenvalue weighted by Gasteiger charge is -2.36. The molecule has 1 fully saturated rings. The van der Waals surface area contributed by atoms with Crippen LogP contribution in [0.3, 0.4) is 0 Å². The average Bonchev–Trinajstić information content (AvgIpc) is 2.83. The molecule has 37 heavy (non-hydrogen) atoms. The number of anilines is 3. The van der Waals surface area contributed by atoms with Gasteiger partial charge in [0.25, 0.3) is 0 Å². The largest absolute Gasteiger partial charge is 0.573 e. The van der Waals surface area contributed by atoms with Crippen molar-refractivity contribution in [1.82, 2.24) is 4.90 Å². The summed E-state index contributed by atoms with van der Waals surface area (Å²) in [4.78, 5) is 29.3. The van der Waals surface area contributed by atoms with E-state index in [1.165, 1.54) is 24.3 Å². The van der Waals surface area contributed by atoms with E-state index >= 15 is 0 Å². The van der Waals surface area contributed by atoms with Crippen molar-refractivity contribution < 1.29 is 27.5 Å². The summed E-state index contributed by atoms with van der Waals surface area (Å²) in [6, 6.07) is 17.6. The van der Waals surface area contributed by atoms with Crippen LogP contribution in [0.15, 0.2) is 66.7 Å². The molecule has 194 valence electrons. The highest BCUT2D eigenvalue weighted by molar-refractivity contribution is 6.04. The molecule has 1 aliphatic rings. The molecule has 4 rings (SSSR count). The van der Waals surface area contributed by atoms with Gasteiger partial charge in [0.1, 0.15) is 5.75 Å². The molecular formula is C27H27F3N4O3. The van der Waals surface area contributed by atoms with Crippen LogP contribution in [-0.4, -0.2) is 36.4 Å². The van der Waals surface area contributed by atoms with Crippen LogP contribution in [0.25, 0.3) is 0 Å². The summed E-state index contributed by atoms with van der Waals surface area (Å²) >= 11 is 0. The Morgan fingerprint density at radius 1 is 0.919 bits per heavy atom. The lowest BCUT2D eigenvalue weighted by Crippen LogP contribution is -2.49. The van der Waals surface area contributed by atoms with E-state index in [4.69, 9.17) is 0 Å². The topological polar surface area (TPSA) is 73.9 Å². The third-order valence-corrected chi connectivity index (χ3v) is 5.84. The summed E-state index contributed by atoms with van der Waals surface area (Å²) in [5.41, 5.74) is 4.36. The number of halogens is 3. The van der Waals surface area contributed by atoms with Gasteiger partial charge < -0.3 is 20.3 Å². The average molecular weight is 513 g/mol. The first-order valence-corrected chi connectivity index (χ1v) is 11.7. The molecule has 3 aromatic rings. The van der Waals surface area contributed by atoms with Gasteiger partial charge in [0.15, 0.2) is 0 Å². The molecule has 0 aliphatic carbocycles. The second-order valence-corrected chi connectivity index (χ2v) is 8.87. The number of rotatable bonds is 6. The van der Waals surface area contributed by atoms with Crippen LogP contribution in [0.1, 0.15) is 23.1 Å². The molecule has 2 N–H and O–H groups in total. The number of urea groups is 2. The van der Waals surface area contributed by atoms with Crippen LogP contribution in [-0.2, 0) is 6.54 Å². The van der Waals surface area contributed by atoms with Crippen LogP contribution in [0.4, 0.5) is 39.8 Å². The second kappa shape index (κ2) is 10.8. The molecule has 1 heterocycles. The highest BCUT2D eigenvalue weighted by Crippen LogP contribution is 2.31. The first kappa shape index (κ1) is 25.9. The van der Waals surface area contributed by atoms with Crippen molar-refractivity contribution in [3.05, 3.63) is 83.4 Å². The zero-order chi connectivity index (χ0) is 26.6. The fourth-order valence-corrected chi connectivity index (χ4v) is 4.08. The maximum Gasteiger partial charge on any atom is 0.573 e. The molecule has 1 saturated heterocycles. The zero-order valence-electron chi connectivity index (χ0n) is 20.4. The molecule has 0 saturated carbocycles. The molecule has 7 nitrogen and oxygen atoms in total. The Morgan fingerprint density at radius 3 is 2.27 bits per heavy atom. The van der Waals surface area contributed by atoms with Gasteiger partial charge in [-0.1, -0.05) is 35.9 Å². The molecule has 4 amide bonds. The van der Waals surface area contributed by atoms with Crippen molar-refractivity contribution >= 4 is 29.1 Å². The molecule has 0 aromatic heterocycles. The third-order valence-electron chi connectivity index (χ3n) is 5.84. The minimum atomic E-state index is -4.76. The van der Waals surface area contributed by atoms with Gasteiger partial charge in [-0.15, -0.1) is 13.2 Å². The van der Waals surface area contributed by atoms with Crippen LogP contribution < -0.4 is 20.3 Å². The number of hydrogen-bond donors (Lipinski definition) is 2. The predicted octanol–water partition coefficient (Wildman–Crippen LogP) is 6.68. The molecule has 3 aromatic carbocycles. The van der Waals surface area contributed by atoms with Gasteiger partial charge in [-0.25, -0.2) is 9.59 Å². The third kappa shape index (κ3) is 6.93. The standard InChI is InChI=1S/C27H27F3N4O3/c1-18-4-9-21(10-5-18)31-25(35)32-23-16-19(2)6-13-24(23)34-15-3-14-33(26(34)36)17-20-7-11-22(12-8-20)37-27(28,29)30/h4-13,16H,3,14-15,17H2,1-2H3,(H2,31,32,35). The molecule has 0 unspecified atom stereocenters. The quantitative estimate of drug-likeness (QED) is 0.387. The van der Waals surface area contributed by atoms with Crippen molar-refractivity contribution in [2.24, 2.45) is 0 Å². The molecule has 0 bridgehead atoms. The van der Waals surface area contributed by atoms with Gasteiger partial charge in [-0.05, 0) is 67.8 Å². The Kier molecular flexibility index (Phi) is 7.56. The first-order valence-electron chi connectivity index (χ1n) is 11.7. The van der Waals surface area contributed by atoms with E-state index in [9.17, 15) is 22.8 Å². The molecule has 1 aliphatic heterocycles. The molecule has 0 spiro atoms. The fourth-order valence-electron chi connectivity index (χ4n) is 4.08. The van der Waals surface area contributed by atoms with E-state index < -0.39 is 12.4 Å². The van der Waals surface area contributed by atoms with Gasteiger partial charge in [0.2, 0.25) is 0 Å².